The number of carbonyl (C=O) groups excluding carboxylic acids is 2. The maximum Gasteiger partial charge on any atom is 0.333 e. The Morgan fingerprint density at radius 2 is 1.29 bits per heavy atom. The highest BCUT2D eigenvalue weighted by Gasteiger charge is 2.30. The van der Waals surface area contributed by atoms with Gasteiger partial charge in [0.25, 0.3) is 6.47 Å². The molecule has 0 aromatic carbocycles. The SMILES string of the molecule is C=C(C)C(=O)OCC(CCCC1CCC(C2CCC(CCCCCCCCC)CC2)CC1)COC=O.C=C(C)CO. The third-order valence-corrected chi connectivity index (χ3v) is 9.36. The third kappa shape index (κ3) is 18.5. The van der Waals surface area contributed by atoms with Gasteiger partial charge < -0.3 is 14.6 Å². The summed E-state index contributed by atoms with van der Waals surface area (Å²) in [6.45, 7) is 14.0. The van der Waals surface area contributed by atoms with Crippen molar-refractivity contribution in [1.82, 2.24) is 0 Å². The minimum Gasteiger partial charge on any atom is -0.467 e. The summed E-state index contributed by atoms with van der Waals surface area (Å²) in [5, 5.41) is 8.04. The van der Waals surface area contributed by atoms with Gasteiger partial charge >= 0.3 is 5.97 Å². The van der Waals surface area contributed by atoms with Crippen molar-refractivity contribution in [2.75, 3.05) is 19.8 Å². The van der Waals surface area contributed by atoms with Gasteiger partial charge in [-0.05, 0) is 69.6 Å². The van der Waals surface area contributed by atoms with E-state index in [0.717, 1.165) is 42.1 Å². The molecule has 2 fully saturated rings. The van der Waals surface area contributed by atoms with Crippen molar-refractivity contribution < 1.29 is 24.2 Å². The first-order valence-electron chi connectivity index (χ1n) is 16.9. The molecule has 0 bridgehead atoms. The summed E-state index contributed by atoms with van der Waals surface area (Å²) in [5.74, 6) is 3.52. The van der Waals surface area contributed by atoms with Crippen molar-refractivity contribution in [3.05, 3.63) is 24.3 Å². The smallest absolute Gasteiger partial charge is 0.333 e. The van der Waals surface area contributed by atoms with Gasteiger partial charge in [0, 0.05) is 11.5 Å². The summed E-state index contributed by atoms with van der Waals surface area (Å²) in [4.78, 5) is 22.3. The largest absolute Gasteiger partial charge is 0.467 e. The predicted octanol–water partition coefficient (Wildman–Crippen LogP) is 9.37. The summed E-state index contributed by atoms with van der Waals surface area (Å²) in [5.41, 5.74) is 1.22. The second-order valence-electron chi connectivity index (χ2n) is 13.2. The predicted molar refractivity (Wildman–Crippen MR) is 171 cm³/mol. The van der Waals surface area contributed by atoms with Crippen LogP contribution in [0, 0.1) is 29.6 Å². The Bertz CT molecular complexity index is 701. The lowest BCUT2D eigenvalue weighted by Gasteiger charge is -2.38. The van der Waals surface area contributed by atoms with Gasteiger partial charge in [-0.3, -0.25) is 4.79 Å². The topological polar surface area (TPSA) is 72.8 Å². The van der Waals surface area contributed by atoms with E-state index in [0.29, 0.717) is 25.3 Å². The highest BCUT2D eigenvalue weighted by atomic mass is 16.5. The molecule has 0 heterocycles. The molecule has 2 rings (SSSR count). The molecule has 0 spiro atoms. The van der Waals surface area contributed by atoms with Crippen LogP contribution in [0.25, 0.3) is 0 Å². The van der Waals surface area contributed by atoms with Crippen molar-refractivity contribution in [1.29, 1.82) is 0 Å². The zero-order valence-corrected chi connectivity index (χ0v) is 27.0. The van der Waals surface area contributed by atoms with E-state index in [1.54, 1.807) is 13.8 Å². The lowest BCUT2D eigenvalue weighted by atomic mass is 9.68. The molecule has 1 N–H and O–H groups in total. The number of aliphatic hydroxyl groups is 1. The average Bonchev–Trinajstić information content (AvgIpc) is 2.98. The highest BCUT2D eigenvalue weighted by Crippen LogP contribution is 2.43. The molecule has 0 aromatic rings. The van der Waals surface area contributed by atoms with Crippen LogP contribution in [0.2, 0.25) is 0 Å². The Hall–Kier alpha value is -1.62. The van der Waals surface area contributed by atoms with Crippen LogP contribution in [0.15, 0.2) is 24.3 Å². The lowest BCUT2D eigenvalue weighted by molar-refractivity contribution is -0.141. The Kier molecular flexibility index (Phi) is 21.8. The fraction of sp³-hybridized carbons (Fsp3) is 0.833. The molecule has 41 heavy (non-hydrogen) atoms. The molecule has 0 amide bonds. The minimum atomic E-state index is -0.365. The van der Waals surface area contributed by atoms with Crippen molar-refractivity contribution in [2.24, 2.45) is 29.6 Å². The summed E-state index contributed by atoms with van der Waals surface area (Å²) >= 11 is 0. The van der Waals surface area contributed by atoms with Crippen LogP contribution in [-0.2, 0) is 19.1 Å². The molecule has 0 radical (unpaired) electrons. The van der Waals surface area contributed by atoms with Gasteiger partial charge in [-0.2, -0.15) is 0 Å². The Labute approximate surface area is 252 Å². The number of hydrogen-bond donors (Lipinski definition) is 1. The van der Waals surface area contributed by atoms with Gasteiger partial charge in [-0.15, -0.1) is 0 Å². The third-order valence-electron chi connectivity index (χ3n) is 9.36. The fourth-order valence-corrected chi connectivity index (χ4v) is 6.69. The van der Waals surface area contributed by atoms with Crippen molar-refractivity contribution in [3.63, 3.8) is 0 Å². The maximum atomic E-state index is 11.7. The van der Waals surface area contributed by atoms with Gasteiger partial charge in [-0.25, -0.2) is 4.79 Å². The van der Waals surface area contributed by atoms with E-state index in [9.17, 15) is 9.59 Å². The van der Waals surface area contributed by atoms with Crippen LogP contribution in [0.5, 0.6) is 0 Å². The van der Waals surface area contributed by atoms with Crippen molar-refractivity contribution in [3.8, 4) is 0 Å². The number of esters is 1. The molecule has 2 aliphatic rings. The van der Waals surface area contributed by atoms with Gasteiger partial charge in [0.2, 0.25) is 0 Å². The molecule has 238 valence electrons. The average molecular weight is 577 g/mol. The molecule has 5 heteroatoms. The number of carbonyl (C=O) groups is 2. The van der Waals surface area contributed by atoms with Gasteiger partial charge in [-0.1, -0.05) is 116 Å². The van der Waals surface area contributed by atoms with E-state index in [-0.39, 0.29) is 18.5 Å². The zero-order valence-electron chi connectivity index (χ0n) is 27.0. The van der Waals surface area contributed by atoms with Gasteiger partial charge in [0.15, 0.2) is 0 Å². The zero-order chi connectivity index (χ0) is 30.3. The summed E-state index contributed by atoms with van der Waals surface area (Å²) < 4.78 is 10.3. The maximum absolute atomic E-state index is 11.7. The molecule has 0 aliphatic heterocycles. The number of aliphatic hydroxyl groups excluding tert-OH is 1. The van der Waals surface area contributed by atoms with Crippen LogP contribution in [-0.4, -0.2) is 37.4 Å². The number of unbranched alkanes of at least 4 members (excludes halogenated alkanes) is 6. The molecular weight excluding hydrogens is 512 g/mol. The summed E-state index contributed by atoms with van der Waals surface area (Å²) in [7, 11) is 0. The van der Waals surface area contributed by atoms with Gasteiger partial charge in [0.05, 0.1) is 19.8 Å². The Balaban J connectivity index is 0.00000154. The molecule has 1 atom stereocenters. The lowest BCUT2D eigenvalue weighted by Crippen LogP contribution is -2.26. The van der Waals surface area contributed by atoms with E-state index >= 15 is 0 Å². The van der Waals surface area contributed by atoms with Crippen LogP contribution in [0.3, 0.4) is 0 Å². The molecule has 0 saturated heterocycles. The van der Waals surface area contributed by atoms with Gasteiger partial charge in [0.1, 0.15) is 0 Å². The van der Waals surface area contributed by atoms with E-state index in [4.69, 9.17) is 14.6 Å². The first kappa shape index (κ1) is 37.4. The van der Waals surface area contributed by atoms with E-state index in [1.165, 1.54) is 109 Å². The standard InChI is InChI=1S/C32H56O4.C4H8O/c1-4-5-6-7-8-9-10-12-27-15-19-30(20-16-27)31-21-17-28(18-22-31)13-11-14-29(23-35-25-33)24-36-32(34)26(2)3;1-4(2)3-5/h25,27-31H,2,4-24H2,1,3H3;5H,1,3H2,2H3. The summed E-state index contributed by atoms with van der Waals surface area (Å²) in [6.07, 6.45) is 26.3. The molecule has 5 nitrogen and oxygen atoms in total. The second-order valence-corrected chi connectivity index (χ2v) is 13.2. The molecule has 0 aromatic heterocycles. The first-order valence-corrected chi connectivity index (χ1v) is 16.9. The van der Waals surface area contributed by atoms with Crippen molar-refractivity contribution >= 4 is 12.4 Å². The Morgan fingerprint density at radius 3 is 1.76 bits per heavy atom. The van der Waals surface area contributed by atoms with E-state index in [2.05, 4.69) is 20.1 Å². The fourth-order valence-electron chi connectivity index (χ4n) is 6.69. The monoisotopic (exact) mass is 576 g/mol. The molecule has 2 aliphatic carbocycles. The van der Waals surface area contributed by atoms with E-state index < -0.39 is 0 Å². The highest BCUT2D eigenvalue weighted by molar-refractivity contribution is 5.86. The second kappa shape index (κ2) is 23.9. The normalized spacial score (nSPS) is 23.0. The summed E-state index contributed by atoms with van der Waals surface area (Å²) in [6, 6.07) is 0. The first-order chi connectivity index (χ1) is 19.8. The van der Waals surface area contributed by atoms with Crippen LogP contribution in [0.1, 0.15) is 143 Å². The van der Waals surface area contributed by atoms with Crippen molar-refractivity contribution in [2.45, 2.75) is 143 Å². The number of rotatable bonds is 20. The van der Waals surface area contributed by atoms with E-state index in [1.807, 2.05) is 0 Å². The quantitative estimate of drug-likeness (QED) is 0.0514. The molecule has 1 unspecified atom stereocenters. The number of ether oxygens (including phenoxy) is 2. The Morgan fingerprint density at radius 1 is 0.805 bits per heavy atom. The number of hydrogen-bond acceptors (Lipinski definition) is 5. The van der Waals surface area contributed by atoms with Crippen LogP contribution < -0.4 is 0 Å². The van der Waals surface area contributed by atoms with Crippen LogP contribution >= 0.6 is 0 Å². The minimum absolute atomic E-state index is 0.0751. The molecular formula is C36H64O5. The van der Waals surface area contributed by atoms with Crippen LogP contribution in [0.4, 0.5) is 0 Å². The molecule has 2 saturated carbocycles.